The van der Waals surface area contributed by atoms with Crippen molar-refractivity contribution >= 4 is 261 Å². The number of unbranched alkanes of at least 4 members (excludes halogenated alkanes) is 4. The number of anilines is 3. The molecule has 0 bridgehead atoms. The molecule has 0 saturated carbocycles. The van der Waals surface area contributed by atoms with Crippen molar-refractivity contribution in [3.8, 4) is 39.4 Å². The third-order valence-electron chi connectivity index (χ3n) is 23.1. The Morgan fingerprint density at radius 2 is 0.904 bits per heavy atom. The van der Waals surface area contributed by atoms with Gasteiger partial charge in [0.1, 0.15) is 24.2 Å². The Morgan fingerprint density at radius 3 is 1.36 bits per heavy atom. The first kappa shape index (κ1) is 119. The molecule has 4 aromatic heterocycles. The molecule has 3 aliphatic heterocycles. The number of tetrazole rings is 1. The van der Waals surface area contributed by atoms with E-state index in [4.69, 9.17) is 56.5 Å². The maximum absolute atomic E-state index is 11.6. The van der Waals surface area contributed by atoms with Crippen LogP contribution in [0.15, 0.2) is 224 Å². The summed E-state index contributed by atoms with van der Waals surface area (Å²) >= 11 is 36.7. The number of thioether (sulfide) groups is 1. The van der Waals surface area contributed by atoms with Crippen LogP contribution in [0.4, 0.5) is 17.1 Å². The van der Waals surface area contributed by atoms with E-state index in [1.165, 1.54) is 90.8 Å². The monoisotopic (exact) mass is 2420 g/mol. The Labute approximate surface area is 923 Å². The van der Waals surface area contributed by atoms with E-state index in [9.17, 15) is 90.8 Å². The van der Waals surface area contributed by atoms with Gasteiger partial charge in [-0.3, -0.25) is 4.55 Å². The van der Waals surface area contributed by atoms with Gasteiger partial charge < -0.3 is 56.4 Å². The predicted molar refractivity (Wildman–Crippen MR) is 572 cm³/mol. The van der Waals surface area contributed by atoms with Gasteiger partial charge in [-0.05, 0) is 222 Å². The summed E-state index contributed by atoms with van der Waals surface area (Å²) in [4.78, 5) is 8.91. The topological polar surface area (TPSA) is 487 Å². The van der Waals surface area contributed by atoms with E-state index in [0.29, 0.717) is 102 Å². The van der Waals surface area contributed by atoms with Gasteiger partial charge in [0.05, 0.1) is 112 Å². The minimum absolute atomic E-state index is 0. The summed E-state index contributed by atoms with van der Waals surface area (Å²) in [6.07, 6.45) is 8.85. The average molecular weight is 2420 g/mol. The number of halogens is 5. The zero-order valence-corrected chi connectivity index (χ0v) is 96.5. The van der Waals surface area contributed by atoms with E-state index < -0.39 is 104 Å². The molecule has 0 aliphatic carbocycles. The molecule has 0 saturated heterocycles. The number of aromatic nitrogens is 7. The van der Waals surface area contributed by atoms with Crippen LogP contribution in [0.5, 0.6) is 11.5 Å². The molecule has 2 atom stereocenters. The van der Waals surface area contributed by atoms with E-state index >= 15 is 0 Å². The van der Waals surface area contributed by atoms with E-state index in [0.717, 1.165) is 104 Å². The number of rotatable bonds is 38. The molecular weight excluding hydrogens is 2330 g/mol. The van der Waals surface area contributed by atoms with Gasteiger partial charge in [0.15, 0.2) is 31.1 Å². The number of benzene rings is 9. The fourth-order valence-corrected chi connectivity index (χ4v) is 24.7. The third kappa shape index (κ3) is 34.3. The Bertz CT molecular complexity index is 7890. The van der Waals surface area contributed by atoms with Crippen molar-refractivity contribution in [3.05, 3.63) is 249 Å². The molecular formula is C94H99Br2Cl3N11NaO23S12-2. The third-order valence-corrected chi connectivity index (χ3v) is 36.0. The van der Waals surface area contributed by atoms with Crippen molar-refractivity contribution < 1.29 is 144 Å². The van der Waals surface area contributed by atoms with Crippen LogP contribution in [0.2, 0.25) is 15.1 Å². The molecule has 3 aliphatic rings. The van der Waals surface area contributed by atoms with Gasteiger partial charge in [-0.1, -0.05) is 204 Å². The number of H-pyrrole nitrogens is 1. The SMILES string of the molecule is CC(CC[n+]1c(C=C2Sc3ccc(Cl)cc3N2CCC(C)S(=O)(=O)O)sc2ccc(Cl)cc21)S(=O)(=O)[O-].CCN(CC)CC.O=S(=O)([O-])CCCCN1/C(=C/c2sc3ccc(Br)cc3[n+]2CCCCS(=O)(=O)[O-])Oc2ccc(-c3ccc(Br)cc3)cc21.O=S(=O)([O-])CCCCN1/C(=C/c2sc3ccc(Cl)cc3[n+]2CCCCS(=O)(=O)[O-])Oc2ccc(-c3ccccc3)cc21.O=S(=O)([O-])c1cccc(-n2[nH]nnc2=S)c1.[Na+]. The zero-order valence-electron chi connectivity index (χ0n) is 79.2. The minimum Gasteiger partial charge on any atom is -0.748 e. The van der Waals surface area contributed by atoms with E-state index in [1.807, 2.05) is 182 Å². The number of hydrogen-bond donors (Lipinski definition) is 2. The maximum atomic E-state index is 11.6. The summed E-state index contributed by atoms with van der Waals surface area (Å²) in [6.45, 7) is 15.4. The molecule has 7 heterocycles. The number of nitrogens with zero attached hydrogens (tertiary/aromatic N) is 10. The second-order valence-corrected chi connectivity index (χ2v) is 52.1. The van der Waals surface area contributed by atoms with Crippen LogP contribution in [-0.4, -0.2) is 189 Å². The first-order valence-electron chi connectivity index (χ1n) is 45.1. The van der Waals surface area contributed by atoms with Crippen molar-refractivity contribution in [1.82, 2.24) is 25.1 Å². The van der Waals surface area contributed by atoms with Crippen molar-refractivity contribution in [3.63, 3.8) is 0 Å². The van der Waals surface area contributed by atoms with E-state index in [-0.39, 0.29) is 84.3 Å². The summed E-state index contributed by atoms with van der Waals surface area (Å²) in [6, 6.07) is 57.5. The summed E-state index contributed by atoms with van der Waals surface area (Å²) in [5.41, 5.74) is 9.54. The molecule has 2 N–H and O–H groups in total. The molecule has 2 unspecified atom stereocenters. The van der Waals surface area contributed by atoms with Crippen molar-refractivity contribution in [1.29, 1.82) is 0 Å². The van der Waals surface area contributed by atoms with Gasteiger partial charge in [0, 0.05) is 109 Å². The van der Waals surface area contributed by atoms with Crippen molar-refractivity contribution in [2.75, 3.05) is 77.0 Å². The second-order valence-electron chi connectivity index (χ2n) is 33.2. The number of aromatic amines is 1. The fraction of sp³-hybridized carbons (Fsp3) is 0.319. The minimum atomic E-state index is -4.48. The molecule has 52 heteroatoms. The average Bonchev–Trinajstić information content (AvgIpc) is 1.06. The standard InChI is InChI=1S/C29H28Br2N2O7S3.C29H29ClN2O7S3.C23H24Cl2N2O6S4.C7H6N4O3S2.C6H15N.Na/c30-22-8-5-20(6-9-22)21-7-11-26-24(17-21)32(13-1-3-15-42(34,35)36)28(40-26)19-29-33(14-2-4-16-43(37,38)39)25-18-23(31)10-12-27(25)41-29;30-23-11-13-27-25(19-23)32(15-5-7-17-42(36,37)38)29(40-27)20-28-31(14-4-6-16-41(33,34)35)24-18-22(10-12-26(24)39-28)21-8-2-1-3-9-21;1-14(36(28,29)30)7-9-26-18-11-16(24)3-5-20(18)34-22(26)13-23-27(10-8-15(2)37(31,32)33)19-12-17(25)4-6-21(19)35-23;12-16(13,14)6-3-1-2-5(4-6)11-7(15)8-9-10-11;1-4-7(5-2)6-3;/h5-12,17-19H,1-4,13-16H2,(H-,34,35,36,37,38,39);1-3,8-13,18-20H,4-7,14-17H2,(H-,33,34,35,36,37,38);3-6,11-15H,7-10H2,1-2H3,(H-,28,29,30,31,32,33);1-4H,(H,8,10,15)(H,12,13,14);4-6H2,1-3H3;/q;;;;;+1/p-3. The zero-order chi connectivity index (χ0) is 105. The van der Waals surface area contributed by atoms with Crippen LogP contribution >= 0.6 is 125 Å². The molecule has 34 nitrogen and oxygen atoms in total. The summed E-state index contributed by atoms with van der Waals surface area (Å²) < 4.78 is 258. The van der Waals surface area contributed by atoms with Gasteiger partial charge in [-0.25, -0.2) is 55.2 Å². The normalized spacial score (nSPS) is 14.5. The number of hydrogen-bond acceptors (Lipinski definition) is 33. The van der Waals surface area contributed by atoms with Gasteiger partial charge in [0.2, 0.25) is 33.1 Å². The Hall–Kier alpha value is -7.33. The van der Waals surface area contributed by atoms with Crippen molar-refractivity contribution in [2.45, 2.75) is 139 Å². The van der Waals surface area contributed by atoms with E-state index in [2.05, 4.69) is 77.6 Å². The summed E-state index contributed by atoms with van der Waals surface area (Å²) in [5, 5.41) is 12.4. The van der Waals surface area contributed by atoms with Gasteiger partial charge in [-0.2, -0.15) is 27.3 Å². The van der Waals surface area contributed by atoms with Gasteiger partial charge in [0.25, 0.3) is 25.1 Å². The Balaban J connectivity index is 0.000000187. The van der Waals surface area contributed by atoms with Crippen LogP contribution in [0, 0.1) is 4.77 Å². The molecule has 0 fully saturated rings. The largest absolute Gasteiger partial charge is 1.00 e. The van der Waals surface area contributed by atoms with Crippen LogP contribution in [0.3, 0.4) is 0 Å². The molecule has 146 heavy (non-hydrogen) atoms. The number of ether oxygens (including phenoxy) is 2. The first-order valence-corrected chi connectivity index (χ1v) is 62.2. The molecule has 0 spiro atoms. The molecule has 0 radical (unpaired) electrons. The quantitative estimate of drug-likeness (QED) is 0.0119. The molecule has 16 rings (SSSR count). The molecule has 13 aromatic rings. The molecule has 0 amide bonds. The molecule has 778 valence electrons. The summed E-state index contributed by atoms with van der Waals surface area (Å²) in [7, 11) is -30.3. The number of thiazole rings is 3. The van der Waals surface area contributed by atoms with Crippen LogP contribution < -0.4 is 67.4 Å². The predicted octanol–water partition coefficient (Wildman–Crippen LogP) is 15.6. The number of fused-ring (bicyclic) bond motifs is 6. The number of aryl methyl sites for hydroxylation is 3. The van der Waals surface area contributed by atoms with Gasteiger partial charge in [-0.15, -0.1) is 0 Å². The smallest absolute Gasteiger partial charge is 0.748 e. The second kappa shape index (κ2) is 52.8. The molecule has 9 aromatic carbocycles. The van der Waals surface area contributed by atoms with Crippen molar-refractivity contribution in [2.24, 2.45) is 0 Å². The maximum Gasteiger partial charge on any atom is 1.00 e. The van der Waals surface area contributed by atoms with Crippen LogP contribution in [0.25, 0.3) is 76.8 Å². The van der Waals surface area contributed by atoms with Crippen LogP contribution in [0.1, 0.15) is 114 Å². The fourth-order valence-electron chi connectivity index (χ4n) is 15.4. The van der Waals surface area contributed by atoms with Crippen LogP contribution in [-0.2, 0) is 90.5 Å². The first-order chi connectivity index (χ1) is 68.4. The summed E-state index contributed by atoms with van der Waals surface area (Å²) in [5.74, 6) is 0.672. The van der Waals surface area contributed by atoms with Gasteiger partial charge >= 0.3 is 29.6 Å². The Morgan fingerprint density at radius 1 is 0.466 bits per heavy atom. The van der Waals surface area contributed by atoms with E-state index in [1.54, 1.807) is 41.7 Å². The Kier molecular flexibility index (Phi) is 43.0. The number of nitrogens with one attached hydrogen (secondary N) is 1.